The summed E-state index contributed by atoms with van der Waals surface area (Å²) in [6.07, 6.45) is -2.28. The number of hydrogen-bond acceptors (Lipinski definition) is 6. The lowest BCUT2D eigenvalue weighted by molar-refractivity contribution is -0.266. The normalized spacial score (nSPS) is 27.7. The molecule has 0 unspecified atom stereocenters. The summed E-state index contributed by atoms with van der Waals surface area (Å²) < 4.78 is 24.2. The van der Waals surface area contributed by atoms with Crippen molar-refractivity contribution >= 4 is 0 Å². The lowest BCUT2D eigenvalue weighted by atomic mass is 9.84. The highest BCUT2D eigenvalue weighted by Crippen LogP contribution is 2.31. The average Bonchev–Trinajstić information content (AvgIpc) is 2.83. The van der Waals surface area contributed by atoms with Crippen LogP contribution in [0.25, 0.3) is 0 Å². The molecule has 2 aromatic carbocycles. The number of ether oxygens (including phenoxy) is 4. The lowest BCUT2D eigenvalue weighted by Gasteiger charge is -2.46. The summed E-state index contributed by atoms with van der Waals surface area (Å²) in [7, 11) is 0. The second kappa shape index (κ2) is 12.6. The second-order valence-corrected chi connectivity index (χ2v) is 7.68. The molecule has 0 bridgehead atoms. The van der Waals surface area contributed by atoms with Crippen LogP contribution in [0.5, 0.6) is 0 Å². The Hall–Kier alpha value is -2.32. The quantitative estimate of drug-likeness (QED) is 0.494. The van der Waals surface area contributed by atoms with Crippen molar-refractivity contribution in [2.24, 2.45) is 0 Å². The maximum atomic E-state index is 10.9. The van der Waals surface area contributed by atoms with Crippen molar-refractivity contribution in [3.63, 3.8) is 0 Å². The summed E-state index contributed by atoms with van der Waals surface area (Å²) >= 11 is 0. The summed E-state index contributed by atoms with van der Waals surface area (Å²) in [5, 5.41) is 21.7. The molecule has 1 saturated carbocycles. The number of aliphatic hydroxyl groups excluding tert-OH is 2. The van der Waals surface area contributed by atoms with Crippen LogP contribution in [0, 0.1) is 0 Å². The Labute approximate surface area is 189 Å². The zero-order valence-corrected chi connectivity index (χ0v) is 18.2. The largest absolute Gasteiger partial charge is 0.387 e. The van der Waals surface area contributed by atoms with E-state index in [4.69, 9.17) is 18.9 Å². The molecule has 32 heavy (non-hydrogen) atoms. The van der Waals surface area contributed by atoms with Gasteiger partial charge in [0.25, 0.3) is 0 Å². The number of hydrogen-bond donors (Lipinski definition) is 2. The van der Waals surface area contributed by atoms with Crippen molar-refractivity contribution < 1.29 is 29.2 Å². The maximum absolute atomic E-state index is 10.9. The summed E-state index contributed by atoms with van der Waals surface area (Å²) in [4.78, 5) is 0. The summed E-state index contributed by atoms with van der Waals surface area (Å²) in [5.41, 5.74) is 1.95. The van der Waals surface area contributed by atoms with Gasteiger partial charge >= 0.3 is 0 Å². The van der Waals surface area contributed by atoms with E-state index in [-0.39, 0.29) is 13.2 Å². The van der Waals surface area contributed by atoms with E-state index in [1.165, 1.54) is 0 Å². The standard InChI is InChI=1S/C26H32O6/c1-3-15-29-23-21(27)22(28)24(30-16-4-2)26(32-18-20-13-9-6-10-14-20)25(23)31-17-19-11-7-5-8-12-19/h3-14,21-28H,1-2,15-18H2/t21-,22-,23-,24-,25-,26+/m1/s1. The van der Waals surface area contributed by atoms with Gasteiger partial charge in [0.05, 0.1) is 26.4 Å². The predicted molar refractivity (Wildman–Crippen MR) is 122 cm³/mol. The molecule has 0 saturated heterocycles. The van der Waals surface area contributed by atoms with Gasteiger partial charge in [-0.2, -0.15) is 0 Å². The first kappa shape index (κ1) is 24.3. The van der Waals surface area contributed by atoms with Gasteiger partial charge in [-0.25, -0.2) is 0 Å². The van der Waals surface area contributed by atoms with E-state index in [0.717, 1.165) is 11.1 Å². The molecule has 172 valence electrons. The highest BCUT2D eigenvalue weighted by Gasteiger charge is 2.52. The summed E-state index contributed by atoms with van der Waals surface area (Å²) in [6.45, 7) is 8.34. The molecule has 2 N–H and O–H groups in total. The smallest absolute Gasteiger partial charge is 0.116 e. The first-order chi connectivity index (χ1) is 15.7. The molecule has 0 radical (unpaired) electrons. The molecule has 6 nitrogen and oxygen atoms in total. The van der Waals surface area contributed by atoms with Gasteiger partial charge in [-0.3, -0.25) is 0 Å². The Bertz CT molecular complexity index is 742. The Morgan fingerprint density at radius 3 is 1.31 bits per heavy atom. The molecule has 0 aromatic heterocycles. The van der Waals surface area contributed by atoms with E-state index in [1.807, 2.05) is 60.7 Å². The van der Waals surface area contributed by atoms with Gasteiger partial charge in [-0.15, -0.1) is 13.2 Å². The van der Waals surface area contributed by atoms with E-state index < -0.39 is 36.6 Å². The van der Waals surface area contributed by atoms with Gasteiger partial charge in [0.15, 0.2) is 0 Å². The molecule has 6 atom stereocenters. The zero-order valence-electron chi connectivity index (χ0n) is 18.2. The second-order valence-electron chi connectivity index (χ2n) is 7.68. The van der Waals surface area contributed by atoms with Crippen LogP contribution >= 0.6 is 0 Å². The van der Waals surface area contributed by atoms with Gasteiger partial charge < -0.3 is 29.2 Å². The Morgan fingerprint density at radius 2 is 0.969 bits per heavy atom. The Balaban J connectivity index is 1.86. The summed E-state index contributed by atoms with van der Waals surface area (Å²) in [5.74, 6) is 0. The van der Waals surface area contributed by atoms with Crippen LogP contribution in [-0.4, -0.2) is 60.1 Å². The van der Waals surface area contributed by atoms with Crippen LogP contribution in [0.3, 0.4) is 0 Å². The van der Waals surface area contributed by atoms with Crippen molar-refractivity contribution in [1.29, 1.82) is 0 Å². The fourth-order valence-electron chi connectivity index (χ4n) is 3.81. The molecule has 2 aromatic rings. The molecule has 3 rings (SSSR count). The lowest BCUT2D eigenvalue weighted by Crippen LogP contribution is -2.66. The third-order valence-electron chi connectivity index (χ3n) is 5.38. The monoisotopic (exact) mass is 440 g/mol. The van der Waals surface area contributed by atoms with Crippen LogP contribution in [0.15, 0.2) is 86.0 Å². The van der Waals surface area contributed by atoms with E-state index in [2.05, 4.69) is 13.2 Å². The molecule has 0 aliphatic heterocycles. The molecule has 0 spiro atoms. The van der Waals surface area contributed by atoms with Crippen LogP contribution in [0.4, 0.5) is 0 Å². The van der Waals surface area contributed by atoms with Crippen molar-refractivity contribution in [2.45, 2.75) is 49.8 Å². The Kier molecular flexibility index (Phi) is 9.62. The van der Waals surface area contributed by atoms with Gasteiger partial charge in [-0.05, 0) is 11.1 Å². The topological polar surface area (TPSA) is 77.4 Å². The minimum Gasteiger partial charge on any atom is -0.387 e. The van der Waals surface area contributed by atoms with Crippen LogP contribution in [-0.2, 0) is 32.2 Å². The number of benzene rings is 2. The minimum absolute atomic E-state index is 0.198. The molecular formula is C26H32O6. The predicted octanol–water partition coefficient (Wildman–Crippen LogP) is 3.04. The van der Waals surface area contributed by atoms with Gasteiger partial charge in [0, 0.05) is 0 Å². The molecule has 1 fully saturated rings. The van der Waals surface area contributed by atoms with E-state index in [1.54, 1.807) is 12.2 Å². The average molecular weight is 441 g/mol. The molecular weight excluding hydrogens is 408 g/mol. The van der Waals surface area contributed by atoms with Crippen molar-refractivity contribution in [1.82, 2.24) is 0 Å². The minimum atomic E-state index is -1.22. The van der Waals surface area contributed by atoms with Crippen LogP contribution in [0.1, 0.15) is 11.1 Å². The number of rotatable bonds is 12. The Morgan fingerprint density at radius 1 is 0.594 bits per heavy atom. The van der Waals surface area contributed by atoms with Crippen molar-refractivity contribution in [2.75, 3.05) is 13.2 Å². The third kappa shape index (κ3) is 6.36. The van der Waals surface area contributed by atoms with Gasteiger partial charge in [-0.1, -0.05) is 72.8 Å². The van der Waals surface area contributed by atoms with E-state index in [9.17, 15) is 10.2 Å². The molecule has 6 heteroatoms. The van der Waals surface area contributed by atoms with Crippen LogP contribution < -0.4 is 0 Å². The fourth-order valence-corrected chi connectivity index (χ4v) is 3.81. The molecule has 1 aliphatic carbocycles. The maximum Gasteiger partial charge on any atom is 0.116 e. The molecule has 1 aliphatic rings. The summed E-state index contributed by atoms with van der Waals surface area (Å²) in [6, 6.07) is 19.4. The van der Waals surface area contributed by atoms with Crippen LogP contribution in [0.2, 0.25) is 0 Å². The van der Waals surface area contributed by atoms with Gasteiger partial charge in [0.1, 0.15) is 36.6 Å². The molecule has 0 amide bonds. The van der Waals surface area contributed by atoms with Crippen molar-refractivity contribution in [3.8, 4) is 0 Å². The van der Waals surface area contributed by atoms with Crippen molar-refractivity contribution in [3.05, 3.63) is 97.1 Å². The zero-order chi connectivity index (χ0) is 22.8. The highest BCUT2D eigenvalue weighted by molar-refractivity contribution is 5.15. The van der Waals surface area contributed by atoms with Gasteiger partial charge in [0.2, 0.25) is 0 Å². The number of aliphatic hydroxyl groups is 2. The SMILES string of the molecule is C=CCO[C@@H]1[C@H](O)[C@@H](O)[C@@H](OCC=C)[C@@H](OCc2ccccc2)[C@H]1OCc1ccccc1. The first-order valence-electron chi connectivity index (χ1n) is 10.8. The van der Waals surface area contributed by atoms with E-state index >= 15 is 0 Å². The first-order valence-corrected chi connectivity index (χ1v) is 10.8. The fraction of sp³-hybridized carbons (Fsp3) is 0.385. The highest BCUT2D eigenvalue weighted by atomic mass is 16.6. The third-order valence-corrected chi connectivity index (χ3v) is 5.38. The van der Waals surface area contributed by atoms with E-state index in [0.29, 0.717) is 13.2 Å². The molecule has 0 heterocycles.